The highest BCUT2D eigenvalue weighted by molar-refractivity contribution is 4.74. The lowest BCUT2D eigenvalue weighted by Gasteiger charge is -2.34. The molecule has 1 aliphatic heterocycles. The third kappa shape index (κ3) is 3.58. The zero-order valence-corrected chi connectivity index (χ0v) is 10.1. The average molecular weight is 198 g/mol. The fourth-order valence-corrected chi connectivity index (χ4v) is 2.45. The molecule has 0 spiro atoms. The molecule has 2 nitrogen and oxygen atoms in total. The van der Waals surface area contributed by atoms with Gasteiger partial charge in [-0.05, 0) is 44.8 Å². The van der Waals surface area contributed by atoms with Gasteiger partial charge in [0.15, 0.2) is 0 Å². The first-order chi connectivity index (χ1) is 6.77. The topological polar surface area (TPSA) is 15.3 Å². The number of hydrogen-bond acceptors (Lipinski definition) is 2. The molecule has 0 radical (unpaired) electrons. The van der Waals surface area contributed by atoms with Crippen LogP contribution in [0, 0.1) is 5.92 Å². The van der Waals surface area contributed by atoms with Gasteiger partial charge in [-0.2, -0.15) is 0 Å². The summed E-state index contributed by atoms with van der Waals surface area (Å²) in [6.07, 6.45) is 3.91. The van der Waals surface area contributed by atoms with E-state index in [-0.39, 0.29) is 0 Å². The van der Waals surface area contributed by atoms with Crippen molar-refractivity contribution in [2.45, 2.75) is 46.1 Å². The second-order valence-electron chi connectivity index (χ2n) is 4.63. The summed E-state index contributed by atoms with van der Waals surface area (Å²) in [5.41, 5.74) is 0. The van der Waals surface area contributed by atoms with Gasteiger partial charge in [-0.25, -0.2) is 0 Å². The standard InChI is InChI=1S/C12H26N2/c1-4-12(5-2)14-8-6-7-13-9-11(3)10-14/h11-13H,4-10H2,1-3H3. The molecule has 0 aromatic carbocycles. The van der Waals surface area contributed by atoms with Gasteiger partial charge in [-0.15, -0.1) is 0 Å². The van der Waals surface area contributed by atoms with E-state index in [9.17, 15) is 0 Å². The van der Waals surface area contributed by atoms with Crippen LogP contribution in [0.25, 0.3) is 0 Å². The highest BCUT2D eigenvalue weighted by Crippen LogP contribution is 2.13. The Bertz CT molecular complexity index is 143. The Labute approximate surface area is 89.1 Å². The van der Waals surface area contributed by atoms with Gasteiger partial charge in [0.2, 0.25) is 0 Å². The van der Waals surface area contributed by atoms with E-state index in [2.05, 4.69) is 31.0 Å². The molecule has 0 aromatic heterocycles. The maximum atomic E-state index is 3.51. The van der Waals surface area contributed by atoms with Gasteiger partial charge in [-0.1, -0.05) is 20.8 Å². The van der Waals surface area contributed by atoms with E-state index < -0.39 is 0 Å². The minimum Gasteiger partial charge on any atom is -0.316 e. The van der Waals surface area contributed by atoms with Crippen LogP contribution in [0.5, 0.6) is 0 Å². The summed E-state index contributed by atoms with van der Waals surface area (Å²) in [7, 11) is 0. The zero-order valence-electron chi connectivity index (χ0n) is 10.1. The molecule has 84 valence electrons. The molecule has 14 heavy (non-hydrogen) atoms. The molecule has 1 fully saturated rings. The van der Waals surface area contributed by atoms with E-state index in [0.29, 0.717) is 0 Å². The molecular formula is C12H26N2. The minimum absolute atomic E-state index is 0.802. The van der Waals surface area contributed by atoms with Crippen LogP contribution < -0.4 is 5.32 Å². The monoisotopic (exact) mass is 198 g/mol. The van der Waals surface area contributed by atoms with Gasteiger partial charge in [-0.3, -0.25) is 0 Å². The Kier molecular flexibility index (Phi) is 5.49. The van der Waals surface area contributed by atoms with E-state index in [4.69, 9.17) is 0 Å². The quantitative estimate of drug-likeness (QED) is 0.747. The van der Waals surface area contributed by atoms with E-state index in [1.54, 1.807) is 0 Å². The van der Waals surface area contributed by atoms with Crippen molar-refractivity contribution in [3.63, 3.8) is 0 Å². The predicted octanol–water partition coefficient (Wildman–Crippen LogP) is 2.11. The van der Waals surface area contributed by atoms with Crippen molar-refractivity contribution in [1.82, 2.24) is 10.2 Å². The Hall–Kier alpha value is -0.0800. The van der Waals surface area contributed by atoms with Crippen molar-refractivity contribution < 1.29 is 0 Å². The second kappa shape index (κ2) is 6.41. The van der Waals surface area contributed by atoms with Gasteiger partial charge in [0.25, 0.3) is 0 Å². The molecule has 0 saturated carbocycles. The van der Waals surface area contributed by atoms with Gasteiger partial charge >= 0.3 is 0 Å². The summed E-state index contributed by atoms with van der Waals surface area (Å²) in [6, 6.07) is 0.815. The van der Waals surface area contributed by atoms with Crippen molar-refractivity contribution in [3.05, 3.63) is 0 Å². The largest absolute Gasteiger partial charge is 0.316 e. The Morgan fingerprint density at radius 3 is 2.71 bits per heavy atom. The van der Waals surface area contributed by atoms with Crippen molar-refractivity contribution in [3.8, 4) is 0 Å². The Morgan fingerprint density at radius 1 is 1.36 bits per heavy atom. The number of nitrogens with zero attached hydrogens (tertiary/aromatic N) is 1. The third-order valence-electron chi connectivity index (χ3n) is 3.30. The van der Waals surface area contributed by atoms with Crippen LogP contribution in [-0.2, 0) is 0 Å². The first-order valence-corrected chi connectivity index (χ1v) is 6.22. The number of rotatable bonds is 3. The SMILES string of the molecule is CCC(CC)N1CCCNCC(C)C1. The fourth-order valence-electron chi connectivity index (χ4n) is 2.45. The summed E-state index contributed by atoms with van der Waals surface area (Å²) in [4.78, 5) is 2.70. The van der Waals surface area contributed by atoms with E-state index in [1.807, 2.05) is 0 Å². The molecule has 1 N–H and O–H groups in total. The first-order valence-electron chi connectivity index (χ1n) is 6.22. The predicted molar refractivity (Wildman–Crippen MR) is 62.6 cm³/mol. The molecular weight excluding hydrogens is 172 g/mol. The van der Waals surface area contributed by atoms with E-state index >= 15 is 0 Å². The van der Waals surface area contributed by atoms with Crippen LogP contribution in [0.4, 0.5) is 0 Å². The molecule has 1 saturated heterocycles. The molecule has 0 amide bonds. The maximum absolute atomic E-state index is 3.51. The summed E-state index contributed by atoms with van der Waals surface area (Å²) < 4.78 is 0. The third-order valence-corrected chi connectivity index (χ3v) is 3.30. The molecule has 0 aliphatic carbocycles. The first kappa shape index (κ1) is 12.0. The summed E-state index contributed by atoms with van der Waals surface area (Å²) in [5, 5.41) is 3.51. The smallest absolute Gasteiger partial charge is 0.00901 e. The van der Waals surface area contributed by atoms with Crippen LogP contribution in [0.3, 0.4) is 0 Å². The normalized spacial score (nSPS) is 26.1. The highest BCUT2D eigenvalue weighted by atomic mass is 15.2. The number of hydrogen-bond donors (Lipinski definition) is 1. The molecule has 1 rings (SSSR count). The second-order valence-corrected chi connectivity index (χ2v) is 4.63. The Balaban J connectivity index is 2.46. The molecule has 1 heterocycles. The van der Waals surface area contributed by atoms with Crippen molar-refractivity contribution in [2.75, 3.05) is 26.2 Å². The van der Waals surface area contributed by atoms with Gasteiger partial charge < -0.3 is 10.2 Å². The molecule has 2 heteroatoms. The fraction of sp³-hybridized carbons (Fsp3) is 1.00. The minimum atomic E-state index is 0.802. The van der Waals surface area contributed by atoms with E-state index in [1.165, 1.54) is 45.4 Å². The van der Waals surface area contributed by atoms with Crippen LogP contribution >= 0.6 is 0 Å². The molecule has 1 atom stereocenters. The summed E-state index contributed by atoms with van der Waals surface area (Å²) in [5.74, 6) is 0.802. The van der Waals surface area contributed by atoms with Gasteiger partial charge in [0, 0.05) is 12.6 Å². The lowest BCUT2D eigenvalue weighted by atomic mass is 10.0. The molecule has 1 aliphatic rings. The van der Waals surface area contributed by atoms with Crippen molar-refractivity contribution in [2.24, 2.45) is 5.92 Å². The summed E-state index contributed by atoms with van der Waals surface area (Å²) in [6.45, 7) is 11.9. The number of nitrogens with one attached hydrogen (secondary N) is 1. The van der Waals surface area contributed by atoms with Crippen LogP contribution in [-0.4, -0.2) is 37.1 Å². The van der Waals surface area contributed by atoms with Crippen molar-refractivity contribution >= 4 is 0 Å². The van der Waals surface area contributed by atoms with Gasteiger partial charge in [0.1, 0.15) is 0 Å². The molecule has 0 bridgehead atoms. The van der Waals surface area contributed by atoms with Crippen LogP contribution in [0.1, 0.15) is 40.0 Å². The Morgan fingerprint density at radius 2 is 2.07 bits per heavy atom. The summed E-state index contributed by atoms with van der Waals surface area (Å²) >= 11 is 0. The molecule has 0 aromatic rings. The van der Waals surface area contributed by atoms with Gasteiger partial charge in [0.05, 0.1) is 0 Å². The molecule has 1 unspecified atom stereocenters. The average Bonchev–Trinajstić information content (AvgIpc) is 2.15. The lowest BCUT2D eigenvalue weighted by molar-refractivity contribution is 0.149. The lowest BCUT2D eigenvalue weighted by Crippen LogP contribution is -2.43. The van der Waals surface area contributed by atoms with Crippen LogP contribution in [0.2, 0.25) is 0 Å². The van der Waals surface area contributed by atoms with Crippen molar-refractivity contribution in [1.29, 1.82) is 0 Å². The maximum Gasteiger partial charge on any atom is 0.00901 e. The van der Waals surface area contributed by atoms with E-state index in [0.717, 1.165) is 12.0 Å². The van der Waals surface area contributed by atoms with Crippen LogP contribution in [0.15, 0.2) is 0 Å². The zero-order chi connectivity index (χ0) is 10.4. The highest BCUT2D eigenvalue weighted by Gasteiger charge is 2.18.